The first-order chi connectivity index (χ1) is 10.2. The molecule has 1 heterocycles. The van der Waals surface area contributed by atoms with E-state index in [4.69, 9.17) is 5.11 Å². The minimum absolute atomic E-state index is 0.0154. The topological polar surface area (TPSA) is 70.5 Å². The van der Waals surface area contributed by atoms with Crippen LogP contribution in [-0.4, -0.2) is 39.5 Å². The third-order valence-corrected chi connectivity index (χ3v) is 3.45. The largest absolute Gasteiger partial charge is 0.481 e. The highest BCUT2D eigenvalue weighted by molar-refractivity contribution is 5.93. The van der Waals surface area contributed by atoms with Crippen LogP contribution in [0.4, 0.5) is 13.2 Å². The zero-order chi connectivity index (χ0) is 16.5. The van der Waals surface area contributed by atoms with Crippen molar-refractivity contribution in [1.82, 2.24) is 9.88 Å². The number of pyridine rings is 1. The smallest absolute Gasteiger partial charge is 0.417 e. The molecule has 0 aliphatic heterocycles. The minimum atomic E-state index is -4.51. The Labute approximate surface area is 124 Å². The first-order valence-electron chi connectivity index (χ1n) is 6.77. The van der Waals surface area contributed by atoms with Gasteiger partial charge in [-0.05, 0) is 25.0 Å². The van der Waals surface area contributed by atoms with Crippen LogP contribution >= 0.6 is 0 Å². The summed E-state index contributed by atoms with van der Waals surface area (Å²) in [6.45, 7) is 1.49. The number of halogens is 3. The van der Waals surface area contributed by atoms with Crippen molar-refractivity contribution in [3.63, 3.8) is 0 Å². The van der Waals surface area contributed by atoms with Crippen molar-refractivity contribution in [2.75, 3.05) is 6.54 Å². The number of carboxylic acids is 1. The molecule has 0 radical (unpaired) electrons. The van der Waals surface area contributed by atoms with Crippen LogP contribution in [0.1, 0.15) is 35.8 Å². The SMILES string of the molecule is CC(CN(C(=O)c1ccc(C(F)(F)F)cn1)C1CC1)C(=O)O. The molecule has 2 rings (SSSR count). The van der Waals surface area contributed by atoms with Crippen LogP contribution in [-0.2, 0) is 11.0 Å². The summed E-state index contributed by atoms with van der Waals surface area (Å²) in [6, 6.07) is 1.76. The van der Waals surface area contributed by atoms with E-state index >= 15 is 0 Å². The van der Waals surface area contributed by atoms with E-state index in [0.29, 0.717) is 6.20 Å². The first kappa shape index (κ1) is 16.3. The van der Waals surface area contributed by atoms with Crippen molar-refractivity contribution < 1.29 is 27.9 Å². The van der Waals surface area contributed by atoms with Crippen LogP contribution in [0.25, 0.3) is 0 Å². The lowest BCUT2D eigenvalue weighted by molar-refractivity contribution is -0.141. The van der Waals surface area contributed by atoms with Gasteiger partial charge in [0, 0.05) is 18.8 Å². The molecular weight excluding hydrogens is 301 g/mol. The molecule has 1 fully saturated rings. The average Bonchev–Trinajstić information content (AvgIpc) is 3.27. The Hall–Kier alpha value is -2.12. The van der Waals surface area contributed by atoms with Gasteiger partial charge in [0.15, 0.2) is 0 Å². The van der Waals surface area contributed by atoms with Gasteiger partial charge in [-0.3, -0.25) is 14.6 Å². The molecule has 1 amide bonds. The van der Waals surface area contributed by atoms with Gasteiger partial charge in [0.2, 0.25) is 0 Å². The molecule has 0 aromatic carbocycles. The van der Waals surface area contributed by atoms with E-state index in [1.807, 2.05) is 0 Å². The Bertz CT molecular complexity index is 568. The predicted octanol–water partition coefficient (Wildman–Crippen LogP) is 2.43. The van der Waals surface area contributed by atoms with Gasteiger partial charge in [0.05, 0.1) is 11.5 Å². The van der Waals surface area contributed by atoms with Crippen molar-refractivity contribution in [2.24, 2.45) is 5.92 Å². The third-order valence-electron chi connectivity index (χ3n) is 3.45. The van der Waals surface area contributed by atoms with Gasteiger partial charge in [-0.25, -0.2) is 0 Å². The number of carboxylic acid groups (broad SMARTS) is 1. The Morgan fingerprint density at radius 1 is 1.41 bits per heavy atom. The van der Waals surface area contributed by atoms with Gasteiger partial charge in [-0.15, -0.1) is 0 Å². The van der Waals surface area contributed by atoms with E-state index in [9.17, 15) is 22.8 Å². The van der Waals surface area contributed by atoms with E-state index in [-0.39, 0.29) is 18.3 Å². The second-order valence-corrected chi connectivity index (χ2v) is 5.36. The highest BCUT2D eigenvalue weighted by atomic mass is 19.4. The molecule has 1 aromatic heterocycles. The molecule has 1 aliphatic rings. The number of rotatable bonds is 5. The summed E-state index contributed by atoms with van der Waals surface area (Å²) in [5.74, 6) is -2.32. The number of hydrogen-bond donors (Lipinski definition) is 1. The van der Waals surface area contributed by atoms with Gasteiger partial charge in [0.25, 0.3) is 5.91 Å². The summed E-state index contributed by atoms with van der Waals surface area (Å²) in [4.78, 5) is 28.2. The standard InChI is InChI=1S/C14H15F3N2O3/c1-8(13(21)22)7-19(10-3-4-10)12(20)11-5-2-9(6-18-11)14(15,16)17/h2,5-6,8,10H,3-4,7H2,1H3,(H,21,22). The summed E-state index contributed by atoms with van der Waals surface area (Å²) in [5, 5.41) is 8.93. The summed E-state index contributed by atoms with van der Waals surface area (Å²) >= 11 is 0. The Morgan fingerprint density at radius 2 is 2.05 bits per heavy atom. The molecule has 22 heavy (non-hydrogen) atoms. The summed E-state index contributed by atoms with van der Waals surface area (Å²) in [6.07, 6.45) is -2.38. The van der Waals surface area contributed by atoms with E-state index in [1.165, 1.54) is 11.8 Å². The van der Waals surface area contributed by atoms with Gasteiger partial charge in [-0.1, -0.05) is 6.92 Å². The molecule has 5 nitrogen and oxygen atoms in total. The van der Waals surface area contributed by atoms with Crippen LogP contribution in [0.3, 0.4) is 0 Å². The fourth-order valence-corrected chi connectivity index (χ4v) is 1.99. The van der Waals surface area contributed by atoms with Gasteiger partial charge in [0.1, 0.15) is 5.69 Å². The monoisotopic (exact) mass is 316 g/mol. The molecule has 1 aliphatic carbocycles. The molecule has 1 N–H and O–H groups in total. The zero-order valence-electron chi connectivity index (χ0n) is 11.8. The number of aliphatic carboxylic acids is 1. The molecule has 1 atom stereocenters. The molecule has 120 valence electrons. The Morgan fingerprint density at radius 3 is 2.45 bits per heavy atom. The van der Waals surface area contributed by atoms with Crippen LogP contribution < -0.4 is 0 Å². The quantitative estimate of drug-likeness (QED) is 0.905. The van der Waals surface area contributed by atoms with Gasteiger partial charge < -0.3 is 10.0 Å². The van der Waals surface area contributed by atoms with E-state index in [2.05, 4.69) is 4.98 Å². The van der Waals surface area contributed by atoms with Crippen molar-refractivity contribution in [3.05, 3.63) is 29.6 Å². The Kier molecular flexibility index (Phi) is 4.39. The van der Waals surface area contributed by atoms with Crippen molar-refractivity contribution >= 4 is 11.9 Å². The molecule has 1 unspecified atom stereocenters. The van der Waals surface area contributed by atoms with Crippen LogP contribution in [0.2, 0.25) is 0 Å². The van der Waals surface area contributed by atoms with Crippen LogP contribution in [0.15, 0.2) is 18.3 Å². The van der Waals surface area contributed by atoms with Crippen molar-refractivity contribution in [1.29, 1.82) is 0 Å². The number of hydrogen-bond acceptors (Lipinski definition) is 3. The molecule has 8 heteroatoms. The lowest BCUT2D eigenvalue weighted by Crippen LogP contribution is -2.39. The maximum absolute atomic E-state index is 12.5. The Balaban J connectivity index is 2.15. The van der Waals surface area contributed by atoms with Gasteiger partial charge >= 0.3 is 12.1 Å². The predicted molar refractivity (Wildman–Crippen MR) is 70.1 cm³/mol. The number of aromatic nitrogens is 1. The highest BCUT2D eigenvalue weighted by Crippen LogP contribution is 2.30. The maximum atomic E-state index is 12.5. The normalized spacial score (nSPS) is 16.2. The second kappa shape index (κ2) is 5.94. The van der Waals surface area contributed by atoms with Crippen molar-refractivity contribution in [2.45, 2.75) is 32.0 Å². The molecule has 1 aromatic rings. The number of amides is 1. The lowest BCUT2D eigenvalue weighted by atomic mass is 10.1. The molecule has 1 saturated carbocycles. The zero-order valence-corrected chi connectivity index (χ0v) is 11.8. The fourth-order valence-electron chi connectivity index (χ4n) is 1.99. The van der Waals surface area contributed by atoms with Crippen LogP contribution in [0.5, 0.6) is 0 Å². The van der Waals surface area contributed by atoms with Gasteiger partial charge in [-0.2, -0.15) is 13.2 Å². The van der Waals surface area contributed by atoms with E-state index < -0.39 is 29.5 Å². The highest BCUT2D eigenvalue weighted by Gasteiger charge is 2.36. The van der Waals surface area contributed by atoms with E-state index in [1.54, 1.807) is 0 Å². The number of alkyl halides is 3. The van der Waals surface area contributed by atoms with Crippen LogP contribution in [0, 0.1) is 5.92 Å². The maximum Gasteiger partial charge on any atom is 0.417 e. The third kappa shape index (κ3) is 3.75. The fraction of sp³-hybridized carbons (Fsp3) is 0.500. The number of nitrogens with zero attached hydrogens (tertiary/aromatic N) is 2. The average molecular weight is 316 g/mol. The lowest BCUT2D eigenvalue weighted by Gasteiger charge is -2.24. The minimum Gasteiger partial charge on any atom is -0.481 e. The molecule has 0 saturated heterocycles. The summed E-state index contributed by atoms with van der Waals surface area (Å²) < 4.78 is 37.4. The second-order valence-electron chi connectivity index (χ2n) is 5.36. The molecule has 0 spiro atoms. The summed E-state index contributed by atoms with van der Waals surface area (Å²) in [7, 11) is 0. The number of carbonyl (C=O) groups excluding carboxylic acids is 1. The number of carbonyl (C=O) groups is 2. The first-order valence-corrected chi connectivity index (χ1v) is 6.77. The summed E-state index contributed by atoms with van der Waals surface area (Å²) in [5.41, 5.74) is -1.04. The van der Waals surface area contributed by atoms with E-state index in [0.717, 1.165) is 25.0 Å². The molecule has 0 bridgehead atoms. The van der Waals surface area contributed by atoms with Crippen molar-refractivity contribution in [3.8, 4) is 0 Å². The molecular formula is C14H15F3N2O3.